The molecule has 0 rings (SSSR count). The smallest absolute Gasteiger partial charge is 0.324 e. The summed E-state index contributed by atoms with van der Waals surface area (Å²) in [4.78, 5) is 35.1. The summed E-state index contributed by atoms with van der Waals surface area (Å²) in [6, 6.07) is 0. The lowest BCUT2D eigenvalue weighted by atomic mass is 10.0. The topological polar surface area (TPSA) is 115 Å². The molecule has 29 heavy (non-hydrogen) atoms. The van der Waals surface area contributed by atoms with E-state index >= 15 is 0 Å². The maximum atomic E-state index is 10.7. The van der Waals surface area contributed by atoms with Gasteiger partial charge >= 0.3 is 15.2 Å². The standard InChI is InChI=1S/C21H46O6P2/c22-28(23,24)20-18-16-14-12-10-8-6-4-2-1-3-5-7-9-11-13-15-17-19-21-29(25,26)27/h1-21H2,(H2,22,23,24)(H2,25,26,27). The number of hydrogen-bond acceptors (Lipinski definition) is 2. The van der Waals surface area contributed by atoms with E-state index in [1.807, 2.05) is 0 Å². The molecule has 0 aromatic rings. The van der Waals surface area contributed by atoms with Crippen LogP contribution in [0.5, 0.6) is 0 Å². The van der Waals surface area contributed by atoms with Crippen molar-refractivity contribution in [1.82, 2.24) is 0 Å². The van der Waals surface area contributed by atoms with Gasteiger partial charge in [-0.05, 0) is 12.8 Å². The van der Waals surface area contributed by atoms with Crippen LogP contribution in [0, 0.1) is 0 Å². The van der Waals surface area contributed by atoms with Crippen LogP contribution >= 0.6 is 15.2 Å². The molecule has 4 N–H and O–H groups in total. The van der Waals surface area contributed by atoms with Gasteiger partial charge in [-0.25, -0.2) is 0 Å². The zero-order valence-corrected chi connectivity index (χ0v) is 20.1. The number of hydrogen-bond donors (Lipinski definition) is 4. The monoisotopic (exact) mass is 456 g/mol. The van der Waals surface area contributed by atoms with Crippen LogP contribution < -0.4 is 0 Å². The zero-order chi connectivity index (χ0) is 21.8. The molecule has 0 unspecified atom stereocenters. The lowest BCUT2D eigenvalue weighted by Gasteiger charge is -2.05. The number of rotatable bonds is 22. The van der Waals surface area contributed by atoms with Crippen molar-refractivity contribution in [3.63, 3.8) is 0 Å². The van der Waals surface area contributed by atoms with E-state index in [1.165, 1.54) is 83.5 Å². The first-order valence-corrected chi connectivity index (χ1v) is 15.4. The second-order valence-electron chi connectivity index (χ2n) is 8.49. The van der Waals surface area contributed by atoms with E-state index in [0.717, 1.165) is 25.7 Å². The largest absolute Gasteiger partial charge is 0.325 e. The zero-order valence-electron chi connectivity index (χ0n) is 18.3. The van der Waals surface area contributed by atoms with E-state index in [1.54, 1.807) is 0 Å². The van der Waals surface area contributed by atoms with Gasteiger partial charge in [0.25, 0.3) is 0 Å². The van der Waals surface area contributed by atoms with E-state index in [-0.39, 0.29) is 12.3 Å². The highest BCUT2D eigenvalue weighted by atomic mass is 31.2. The second kappa shape index (κ2) is 19.0. The lowest BCUT2D eigenvalue weighted by molar-refractivity contribution is 0.368. The highest BCUT2D eigenvalue weighted by Gasteiger charge is 2.11. The maximum Gasteiger partial charge on any atom is 0.325 e. The van der Waals surface area contributed by atoms with Crippen LogP contribution in [0.2, 0.25) is 0 Å². The van der Waals surface area contributed by atoms with Gasteiger partial charge in [-0.15, -0.1) is 0 Å². The van der Waals surface area contributed by atoms with Gasteiger partial charge in [-0.2, -0.15) is 0 Å². The Hall–Kier alpha value is 0.300. The fourth-order valence-corrected chi connectivity index (χ4v) is 4.91. The van der Waals surface area contributed by atoms with Crippen molar-refractivity contribution in [2.24, 2.45) is 0 Å². The summed E-state index contributed by atoms with van der Waals surface area (Å²) >= 11 is 0. The molecule has 0 atom stereocenters. The molecular formula is C21H46O6P2. The van der Waals surface area contributed by atoms with Crippen LogP contribution in [-0.4, -0.2) is 31.9 Å². The highest BCUT2D eigenvalue weighted by molar-refractivity contribution is 7.52. The van der Waals surface area contributed by atoms with Crippen molar-refractivity contribution in [2.45, 2.75) is 122 Å². The first-order chi connectivity index (χ1) is 13.7. The first-order valence-electron chi connectivity index (χ1n) is 11.8. The maximum absolute atomic E-state index is 10.7. The van der Waals surface area contributed by atoms with Crippen LogP contribution in [0.25, 0.3) is 0 Å². The SMILES string of the molecule is O=P(O)(O)CCCCCCCCCCCCCCCCCCCCCP(=O)(O)O. The van der Waals surface area contributed by atoms with Crippen LogP contribution in [0.1, 0.15) is 122 Å². The predicted molar refractivity (Wildman–Crippen MR) is 122 cm³/mol. The number of unbranched alkanes of at least 4 members (excludes halogenated alkanes) is 18. The first kappa shape index (κ1) is 29.3. The van der Waals surface area contributed by atoms with Gasteiger partial charge in [0.2, 0.25) is 0 Å². The van der Waals surface area contributed by atoms with Crippen molar-refractivity contribution in [2.75, 3.05) is 12.3 Å². The van der Waals surface area contributed by atoms with Gasteiger partial charge in [-0.3, -0.25) is 9.13 Å². The third-order valence-electron chi connectivity index (χ3n) is 5.40. The molecule has 176 valence electrons. The molecule has 0 saturated carbocycles. The van der Waals surface area contributed by atoms with Crippen molar-refractivity contribution in [1.29, 1.82) is 0 Å². The van der Waals surface area contributed by atoms with Gasteiger partial charge in [0.15, 0.2) is 0 Å². The summed E-state index contributed by atoms with van der Waals surface area (Å²) in [6.07, 6.45) is 22.1. The molecule has 0 saturated heterocycles. The Morgan fingerprint density at radius 1 is 0.310 bits per heavy atom. The summed E-state index contributed by atoms with van der Waals surface area (Å²) in [5.74, 6) is 0. The molecule has 0 heterocycles. The van der Waals surface area contributed by atoms with Crippen LogP contribution in [0.4, 0.5) is 0 Å². The average Bonchev–Trinajstić information content (AvgIpc) is 2.61. The summed E-state index contributed by atoms with van der Waals surface area (Å²) < 4.78 is 21.4. The minimum absolute atomic E-state index is 0.0365. The van der Waals surface area contributed by atoms with Crippen LogP contribution in [-0.2, 0) is 9.13 Å². The normalized spacial score (nSPS) is 12.6. The quantitative estimate of drug-likeness (QED) is 0.106. The van der Waals surface area contributed by atoms with Gasteiger partial charge in [0.1, 0.15) is 0 Å². The molecule has 0 fully saturated rings. The minimum atomic E-state index is -3.79. The fraction of sp³-hybridized carbons (Fsp3) is 1.00. The van der Waals surface area contributed by atoms with Gasteiger partial charge < -0.3 is 19.6 Å². The molecule has 0 amide bonds. The van der Waals surface area contributed by atoms with E-state index in [4.69, 9.17) is 19.6 Å². The van der Waals surface area contributed by atoms with Gasteiger partial charge in [0.05, 0.1) is 0 Å². The molecule has 8 heteroatoms. The fourth-order valence-electron chi connectivity index (χ4n) is 3.64. The molecule has 0 aliphatic carbocycles. The third-order valence-corrected chi connectivity index (χ3v) is 7.20. The van der Waals surface area contributed by atoms with Crippen molar-refractivity contribution in [3.8, 4) is 0 Å². The minimum Gasteiger partial charge on any atom is -0.324 e. The summed E-state index contributed by atoms with van der Waals surface area (Å²) in [7, 11) is -7.57. The molecule has 0 aromatic heterocycles. The summed E-state index contributed by atoms with van der Waals surface area (Å²) in [5, 5.41) is 0. The van der Waals surface area contributed by atoms with Gasteiger partial charge in [-0.1, -0.05) is 109 Å². The Morgan fingerprint density at radius 2 is 0.448 bits per heavy atom. The average molecular weight is 457 g/mol. The second-order valence-corrected chi connectivity index (χ2v) is 12.0. The third kappa shape index (κ3) is 28.3. The Morgan fingerprint density at radius 3 is 0.586 bits per heavy atom. The Bertz CT molecular complexity index is 406. The van der Waals surface area contributed by atoms with Crippen molar-refractivity contribution < 1.29 is 28.7 Å². The van der Waals surface area contributed by atoms with Crippen LogP contribution in [0.15, 0.2) is 0 Å². The Labute approximate surface area is 178 Å². The summed E-state index contributed by atoms with van der Waals surface area (Å²) in [5.41, 5.74) is 0. The molecule has 0 bridgehead atoms. The Balaban J connectivity index is 3.08. The van der Waals surface area contributed by atoms with Crippen LogP contribution in [0.3, 0.4) is 0 Å². The molecular weight excluding hydrogens is 410 g/mol. The summed E-state index contributed by atoms with van der Waals surface area (Å²) in [6.45, 7) is 0. The molecule has 0 aromatic carbocycles. The molecule has 0 aliphatic heterocycles. The van der Waals surface area contributed by atoms with E-state index in [9.17, 15) is 9.13 Å². The molecule has 6 nitrogen and oxygen atoms in total. The van der Waals surface area contributed by atoms with Crippen molar-refractivity contribution in [3.05, 3.63) is 0 Å². The Kier molecular flexibility index (Phi) is 19.2. The van der Waals surface area contributed by atoms with E-state index in [2.05, 4.69) is 0 Å². The molecule has 0 aliphatic rings. The lowest BCUT2D eigenvalue weighted by Crippen LogP contribution is -1.88. The highest BCUT2D eigenvalue weighted by Crippen LogP contribution is 2.36. The molecule has 0 spiro atoms. The van der Waals surface area contributed by atoms with E-state index in [0.29, 0.717) is 12.8 Å². The van der Waals surface area contributed by atoms with Crippen molar-refractivity contribution >= 4 is 15.2 Å². The predicted octanol–water partition coefficient (Wildman–Crippen LogP) is 6.75. The van der Waals surface area contributed by atoms with E-state index < -0.39 is 15.2 Å². The van der Waals surface area contributed by atoms with Gasteiger partial charge in [0, 0.05) is 12.3 Å². The molecule has 0 radical (unpaired) electrons.